The molecule has 1 saturated heterocycles. The number of benzene rings is 1. The zero-order valence-electron chi connectivity index (χ0n) is 13.9. The quantitative estimate of drug-likeness (QED) is 0.844. The molecule has 0 aliphatic carbocycles. The maximum atomic E-state index is 6.22. The van der Waals surface area contributed by atoms with Gasteiger partial charge in [0.25, 0.3) is 0 Å². The van der Waals surface area contributed by atoms with E-state index in [-0.39, 0.29) is 0 Å². The van der Waals surface area contributed by atoms with Crippen LogP contribution in [0.5, 0.6) is 0 Å². The highest BCUT2D eigenvalue weighted by Gasteiger charge is 2.24. The molecule has 1 N–H and O–H groups in total. The molecule has 124 valence electrons. The van der Waals surface area contributed by atoms with Crippen LogP contribution in [0.2, 0.25) is 4.34 Å². The minimum Gasteiger partial charge on any atom is -0.315 e. The zero-order chi connectivity index (χ0) is 16.2. The van der Waals surface area contributed by atoms with Crippen LogP contribution in [0.15, 0.2) is 36.4 Å². The van der Waals surface area contributed by atoms with Crippen LogP contribution < -0.4 is 5.32 Å². The summed E-state index contributed by atoms with van der Waals surface area (Å²) >= 11 is 7.92. The Kier molecular flexibility index (Phi) is 5.76. The number of nitrogens with one attached hydrogen (secondary N) is 1. The third-order valence-corrected chi connectivity index (χ3v) is 5.81. The van der Waals surface area contributed by atoms with Crippen LogP contribution in [0, 0.1) is 0 Å². The SMILES string of the molecule is CC(C)c1ccc(C(c2ccc(Cl)s2)N2CCCNCC2)cc1. The van der Waals surface area contributed by atoms with Gasteiger partial charge in [-0.1, -0.05) is 49.7 Å². The van der Waals surface area contributed by atoms with Crippen LogP contribution in [-0.4, -0.2) is 31.1 Å². The van der Waals surface area contributed by atoms with Crippen molar-refractivity contribution in [1.82, 2.24) is 10.2 Å². The summed E-state index contributed by atoms with van der Waals surface area (Å²) in [5.41, 5.74) is 2.77. The highest BCUT2D eigenvalue weighted by Crippen LogP contribution is 2.36. The first-order valence-corrected chi connectivity index (χ1v) is 9.64. The van der Waals surface area contributed by atoms with Crippen LogP contribution in [0.4, 0.5) is 0 Å². The number of thiophene rings is 1. The summed E-state index contributed by atoms with van der Waals surface area (Å²) in [5, 5.41) is 3.50. The summed E-state index contributed by atoms with van der Waals surface area (Å²) in [6, 6.07) is 13.7. The average molecular weight is 349 g/mol. The summed E-state index contributed by atoms with van der Waals surface area (Å²) in [6.07, 6.45) is 1.19. The second-order valence-corrected chi connectivity index (χ2v) is 8.25. The van der Waals surface area contributed by atoms with E-state index in [1.165, 1.54) is 22.4 Å². The molecule has 1 aliphatic rings. The van der Waals surface area contributed by atoms with Gasteiger partial charge in [-0.3, -0.25) is 4.90 Å². The standard InChI is InChI=1S/C19H25ClN2S/c1-14(2)15-4-6-16(7-5-15)19(17-8-9-18(20)23-17)22-12-3-10-21-11-13-22/h4-9,14,19,21H,3,10-13H2,1-2H3. The fourth-order valence-electron chi connectivity index (χ4n) is 3.22. The molecule has 2 nitrogen and oxygen atoms in total. The highest BCUT2D eigenvalue weighted by atomic mass is 35.5. The largest absolute Gasteiger partial charge is 0.315 e. The molecule has 23 heavy (non-hydrogen) atoms. The van der Waals surface area contributed by atoms with Crippen LogP contribution in [0.25, 0.3) is 0 Å². The molecular formula is C19H25ClN2S. The predicted octanol–water partition coefficient (Wildman–Crippen LogP) is 4.91. The number of nitrogens with zero attached hydrogens (tertiary/aromatic N) is 1. The van der Waals surface area contributed by atoms with Gasteiger partial charge in [0, 0.05) is 24.5 Å². The van der Waals surface area contributed by atoms with Crippen molar-refractivity contribution >= 4 is 22.9 Å². The molecule has 2 heterocycles. The van der Waals surface area contributed by atoms with Gasteiger partial charge in [-0.15, -0.1) is 11.3 Å². The first-order chi connectivity index (χ1) is 11.1. The van der Waals surface area contributed by atoms with Crippen molar-refractivity contribution in [1.29, 1.82) is 0 Å². The predicted molar refractivity (Wildman–Crippen MR) is 101 cm³/mol. The van der Waals surface area contributed by atoms with Gasteiger partial charge < -0.3 is 5.32 Å². The molecule has 0 radical (unpaired) electrons. The molecule has 1 aromatic carbocycles. The van der Waals surface area contributed by atoms with Gasteiger partial charge >= 0.3 is 0 Å². The molecule has 4 heteroatoms. The van der Waals surface area contributed by atoms with Gasteiger partial charge in [0.2, 0.25) is 0 Å². The van der Waals surface area contributed by atoms with E-state index in [1.807, 2.05) is 6.07 Å². The van der Waals surface area contributed by atoms with Crippen molar-refractivity contribution in [2.75, 3.05) is 26.2 Å². The third-order valence-electron chi connectivity index (χ3n) is 4.52. The molecular weight excluding hydrogens is 324 g/mol. The topological polar surface area (TPSA) is 15.3 Å². The van der Waals surface area contributed by atoms with E-state index in [0.29, 0.717) is 12.0 Å². The Morgan fingerprint density at radius 2 is 1.74 bits per heavy atom. The lowest BCUT2D eigenvalue weighted by Crippen LogP contribution is -2.32. The summed E-state index contributed by atoms with van der Waals surface area (Å²) in [6.45, 7) is 8.85. The van der Waals surface area contributed by atoms with Crippen molar-refractivity contribution in [3.05, 3.63) is 56.7 Å². The van der Waals surface area contributed by atoms with Gasteiger partial charge in [0.1, 0.15) is 0 Å². The van der Waals surface area contributed by atoms with Crippen molar-refractivity contribution in [3.63, 3.8) is 0 Å². The molecule has 2 aromatic rings. The van der Waals surface area contributed by atoms with E-state index in [0.717, 1.165) is 30.5 Å². The van der Waals surface area contributed by atoms with Gasteiger partial charge in [-0.05, 0) is 42.1 Å². The fraction of sp³-hybridized carbons (Fsp3) is 0.474. The van der Waals surface area contributed by atoms with E-state index in [9.17, 15) is 0 Å². The fourth-order valence-corrected chi connectivity index (χ4v) is 4.44. The molecule has 1 aliphatic heterocycles. The molecule has 3 rings (SSSR count). The third kappa shape index (κ3) is 4.16. The molecule has 1 atom stereocenters. The van der Waals surface area contributed by atoms with E-state index in [4.69, 9.17) is 11.6 Å². The van der Waals surface area contributed by atoms with Crippen LogP contribution in [-0.2, 0) is 0 Å². The molecule has 0 saturated carbocycles. The van der Waals surface area contributed by atoms with Gasteiger partial charge in [-0.2, -0.15) is 0 Å². The Bertz CT molecular complexity index is 613. The minimum atomic E-state index is 0.314. The smallest absolute Gasteiger partial charge is 0.0931 e. The normalized spacial score (nSPS) is 18.1. The van der Waals surface area contributed by atoms with Gasteiger partial charge in [-0.25, -0.2) is 0 Å². The lowest BCUT2D eigenvalue weighted by molar-refractivity contribution is 0.244. The van der Waals surface area contributed by atoms with Gasteiger partial charge in [0.15, 0.2) is 0 Å². The second-order valence-electron chi connectivity index (χ2n) is 6.51. The zero-order valence-corrected chi connectivity index (χ0v) is 15.5. The number of rotatable bonds is 4. The first-order valence-electron chi connectivity index (χ1n) is 8.45. The molecule has 1 fully saturated rings. The number of hydrogen-bond acceptors (Lipinski definition) is 3. The molecule has 1 unspecified atom stereocenters. The second kappa shape index (κ2) is 7.80. The Labute approximate surface area is 148 Å². The lowest BCUT2D eigenvalue weighted by Gasteiger charge is -2.30. The summed E-state index contributed by atoms with van der Waals surface area (Å²) in [4.78, 5) is 3.93. The number of hydrogen-bond donors (Lipinski definition) is 1. The average Bonchev–Trinajstić information content (AvgIpc) is 2.80. The highest BCUT2D eigenvalue weighted by molar-refractivity contribution is 7.16. The lowest BCUT2D eigenvalue weighted by atomic mass is 9.97. The maximum Gasteiger partial charge on any atom is 0.0931 e. The van der Waals surface area contributed by atoms with Crippen molar-refractivity contribution < 1.29 is 0 Å². The van der Waals surface area contributed by atoms with E-state index >= 15 is 0 Å². The van der Waals surface area contributed by atoms with E-state index in [2.05, 4.69) is 54.4 Å². The van der Waals surface area contributed by atoms with Crippen molar-refractivity contribution in [2.24, 2.45) is 0 Å². The van der Waals surface area contributed by atoms with Gasteiger partial charge in [0.05, 0.1) is 10.4 Å². The Morgan fingerprint density at radius 1 is 1.00 bits per heavy atom. The molecule has 0 spiro atoms. The Morgan fingerprint density at radius 3 is 2.39 bits per heavy atom. The van der Waals surface area contributed by atoms with E-state index < -0.39 is 0 Å². The molecule has 0 bridgehead atoms. The summed E-state index contributed by atoms with van der Waals surface area (Å²) in [5.74, 6) is 0.570. The van der Waals surface area contributed by atoms with Crippen molar-refractivity contribution in [3.8, 4) is 0 Å². The maximum absolute atomic E-state index is 6.22. The summed E-state index contributed by atoms with van der Waals surface area (Å²) in [7, 11) is 0. The Hall–Kier alpha value is -0.870. The number of halogens is 1. The monoisotopic (exact) mass is 348 g/mol. The van der Waals surface area contributed by atoms with E-state index in [1.54, 1.807) is 11.3 Å². The first kappa shape index (κ1) is 17.0. The van der Waals surface area contributed by atoms with Crippen LogP contribution >= 0.6 is 22.9 Å². The summed E-state index contributed by atoms with van der Waals surface area (Å²) < 4.78 is 0.872. The molecule has 1 aromatic heterocycles. The minimum absolute atomic E-state index is 0.314. The Balaban J connectivity index is 1.93. The molecule has 0 amide bonds. The van der Waals surface area contributed by atoms with Crippen molar-refractivity contribution in [2.45, 2.75) is 32.2 Å². The van der Waals surface area contributed by atoms with Crippen LogP contribution in [0.3, 0.4) is 0 Å². The van der Waals surface area contributed by atoms with Crippen LogP contribution in [0.1, 0.15) is 48.2 Å².